The summed E-state index contributed by atoms with van der Waals surface area (Å²) in [6.45, 7) is 0.295. The Labute approximate surface area is 110 Å². The first kappa shape index (κ1) is 13.4. The largest absolute Gasteiger partial charge is 0.480 e. The Kier molecular flexibility index (Phi) is 3.75. The molecule has 1 aliphatic heterocycles. The summed E-state index contributed by atoms with van der Waals surface area (Å²) in [5.74, 6) is -0.487. The van der Waals surface area contributed by atoms with Crippen molar-refractivity contribution >= 4 is 12.0 Å². The van der Waals surface area contributed by atoms with Gasteiger partial charge in [0, 0.05) is 20.0 Å². The Morgan fingerprint density at radius 2 is 2.32 bits per heavy atom. The first-order valence-corrected chi connectivity index (χ1v) is 5.94. The van der Waals surface area contributed by atoms with Crippen molar-refractivity contribution in [3.63, 3.8) is 0 Å². The Bertz CT molecular complexity index is 459. The normalized spacial score (nSPS) is 22.5. The van der Waals surface area contributed by atoms with Crippen LogP contribution < -0.4 is 0 Å². The van der Waals surface area contributed by atoms with Gasteiger partial charge in [-0.3, -0.25) is 0 Å². The highest BCUT2D eigenvalue weighted by Gasteiger charge is 2.40. The summed E-state index contributed by atoms with van der Waals surface area (Å²) in [6.07, 6.45) is 0.783. The van der Waals surface area contributed by atoms with Crippen LogP contribution in [0.2, 0.25) is 0 Å². The number of hydrogen-bond acceptors (Lipinski definition) is 4. The van der Waals surface area contributed by atoms with Crippen molar-refractivity contribution in [2.24, 2.45) is 0 Å². The molecule has 1 aromatic heterocycles. The number of likely N-dealkylation sites (tertiary alicyclic amines) is 1. The van der Waals surface area contributed by atoms with E-state index in [1.54, 1.807) is 19.2 Å². The Hall–Kier alpha value is -2.02. The fraction of sp³-hybridized carbons (Fsp3) is 0.500. The second kappa shape index (κ2) is 5.31. The fourth-order valence-corrected chi connectivity index (χ4v) is 2.18. The van der Waals surface area contributed by atoms with Crippen molar-refractivity contribution < 1.29 is 24.2 Å². The van der Waals surface area contributed by atoms with Gasteiger partial charge in [0.25, 0.3) is 0 Å². The Morgan fingerprint density at radius 3 is 2.89 bits per heavy atom. The zero-order valence-electron chi connectivity index (χ0n) is 10.5. The van der Waals surface area contributed by atoms with Crippen LogP contribution in [-0.4, -0.2) is 57.8 Å². The van der Waals surface area contributed by atoms with Crippen LogP contribution in [0.4, 0.5) is 4.79 Å². The van der Waals surface area contributed by atoms with Gasteiger partial charge in [-0.1, -0.05) is 0 Å². The fourth-order valence-electron chi connectivity index (χ4n) is 2.18. The van der Waals surface area contributed by atoms with Crippen molar-refractivity contribution in [1.82, 2.24) is 9.80 Å². The maximum Gasteiger partial charge on any atom is 0.326 e. The summed E-state index contributed by atoms with van der Waals surface area (Å²) in [5.41, 5.74) is 0. The number of amides is 2. The van der Waals surface area contributed by atoms with Gasteiger partial charge >= 0.3 is 12.0 Å². The average Bonchev–Trinajstić information content (AvgIpc) is 2.97. The number of aliphatic hydroxyl groups excluding tert-OH is 1. The lowest BCUT2D eigenvalue weighted by molar-refractivity contribution is -0.141. The first-order chi connectivity index (χ1) is 8.99. The van der Waals surface area contributed by atoms with Gasteiger partial charge in [-0.15, -0.1) is 0 Å². The number of aliphatic carboxylic acids is 1. The minimum Gasteiger partial charge on any atom is -0.480 e. The molecule has 7 heteroatoms. The number of β-amino-alcohol motifs (C(OH)–C–C–N with tert-alkyl or cyclic N) is 1. The highest BCUT2D eigenvalue weighted by Crippen LogP contribution is 2.20. The summed E-state index contributed by atoms with van der Waals surface area (Å²) in [7, 11) is 1.56. The predicted octanol–water partition coefficient (Wildman–Crippen LogP) is 0.351. The third kappa shape index (κ3) is 2.87. The van der Waals surface area contributed by atoms with Crippen LogP contribution in [0.15, 0.2) is 22.8 Å². The molecule has 1 unspecified atom stereocenters. The minimum absolute atomic E-state index is 0.0400. The van der Waals surface area contributed by atoms with E-state index in [-0.39, 0.29) is 19.5 Å². The molecule has 2 atom stereocenters. The van der Waals surface area contributed by atoms with Crippen molar-refractivity contribution in [3.05, 3.63) is 24.2 Å². The lowest BCUT2D eigenvalue weighted by atomic mass is 10.2. The molecule has 104 valence electrons. The molecule has 7 nitrogen and oxygen atoms in total. The SMILES string of the molecule is CN(Cc1ccco1)C(=O)N1CC(O)C[C@H]1C(=O)O. The molecule has 1 fully saturated rings. The molecule has 2 heterocycles. The lowest BCUT2D eigenvalue weighted by Crippen LogP contribution is -2.46. The van der Waals surface area contributed by atoms with E-state index in [0.717, 1.165) is 0 Å². The van der Waals surface area contributed by atoms with E-state index in [0.29, 0.717) is 5.76 Å². The van der Waals surface area contributed by atoms with Crippen LogP contribution in [0.5, 0.6) is 0 Å². The molecule has 2 N–H and O–H groups in total. The number of nitrogens with zero attached hydrogens (tertiary/aromatic N) is 2. The molecule has 19 heavy (non-hydrogen) atoms. The summed E-state index contributed by atoms with van der Waals surface area (Å²) in [4.78, 5) is 25.8. The van der Waals surface area contributed by atoms with Gasteiger partial charge in [0.1, 0.15) is 11.8 Å². The zero-order valence-corrected chi connectivity index (χ0v) is 10.5. The Balaban J connectivity index is 2.03. The van der Waals surface area contributed by atoms with Crippen LogP contribution in [0.1, 0.15) is 12.2 Å². The van der Waals surface area contributed by atoms with Crippen molar-refractivity contribution in [2.75, 3.05) is 13.6 Å². The van der Waals surface area contributed by atoms with Gasteiger partial charge < -0.3 is 24.4 Å². The number of aliphatic hydroxyl groups is 1. The quantitative estimate of drug-likeness (QED) is 0.825. The molecule has 1 aliphatic rings. The number of urea groups is 1. The summed E-state index contributed by atoms with van der Waals surface area (Å²) < 4.78 is 5.13. The van der Waals surface area contributed by atoms with Gasteiger partial charge in [0.05, 0.1) is 18.9 Å². The van der Waals surface area contributed by atoms with E-state index in [1.807, 2.05) is 0 Å². The maximum atomic E-state index is 12.2. The van der Waals surface area contributed by atoms with Crippen LogP contribution in [0.25, 0.3) is 0 Å². The third-order valence-corrected chi connectivity index (χ3v) is 3.11. The Morgan fingerprint density at radius 1 is 1.58 bits per heavy atom. The molecule has 0 spiro atoms. The second-order valence-corrected chi connectivity index (χ2v) is 4.61. The molecule has 0 aromatic carbocycles. The van der Waals surface area contributed by atoms with E-state index in [4.69, 9.17) is 9.52 Å². The van der Waals surface area contributed by atoms with Crippen molar-refractivity contribution in [1.29, 1.82) is 0 Å². The molecule has 2 rings (SSSR count). The number of carboxylic acid groups (broad SMARTS) is 1. The maximum absolute atomic E-state index is 12.2. The van der Waals surface area contributed by atoms with Crippen molar-refractivity contribution in [3.8, 4) is 0 Å². The van der Waals surface area contributed by atoms with Crippen molar-refractivity contribution in [2.45, 2.75) is 25.1 Å². The molecule has 1 saturated heterocycles. The molecule has 1 aromatic rings. The summed E-state index contributed by atoms with van der Waals surface area (Å²) in [5, 5.41) is 18.6. The number of carbonyl (C=O) groups excluding carboxylic acids is 1. The van der Waals surface area contributed by atoms with Crippen LogP contribution in [0, 0.1) is 0 Å². The minimum atomic E-state index is -1.10. The average molecular weight is 268 g/mol. The molecule has 0 saturated carbocycles. The molecular weight excluding hydrogens is 252 g/mol. The van der Waals surface area contributed by atoms with E-state index in [2.05, 4.69) is 0 Å². The molecule has 0 bridgehead atoms. The van der Waals surface area contributed by atoms with Gasteiger partial charge in [-0.05, 0) is 12.1 Å². The zero-order chi connectivity index (χ0) is 14.0. The summed E-state index contributed by atoms with van der Waals surface area (Å²) >= 11 is 0. The van der Waals surface area contributed by atoms with Gasteiger partial charge in [-0.2, -0.15) is 0 Å². The molecule has 0 aliphatic carbocycles. The number of furan rings is 1. The lowest BCUT2D eigenvalue weighted by Gasteiger charge is -2.26. The van der Waals surface area contributed by atoms with Gasteiger partial charge in [0.15, 0.2) is 0 Å². The molecular formula is C12H16N2O5. The smallest absolute Gasteiger partial charge is 0.326 e. The molecule has 2 amide bonds. The highest BCUT2D eigenvalue weighted by molar-refractivity contribution is 5.83. The standard InChI is InChI=1S/C12H16N2O5/c1-13(7-9-3-2-4-19-9)12(18)14-6-8(15)5-10(14)11(16)17/h2-4,8,10,15H,5-7H2,1H3,(H,16,17)/t8?,10-/m0/s1. The first-order valence-electron chi connectivity index (χ1n) is 5.94. The van der Waals surface area contributed by atoms with Gasteiger partial charge in [0.2, 0.25) is 0 Å². The monoisotopic (exact) mass is 268 g/mol. The van der Waals surface area contributed by atoms with Crippen LogP contribution in [0.3, 0.4) is 0 Å². The third-order valence-electron chi connectivity index (χ3n) is 3.11. The van der Waals surface area contributed by atoms with E-state index >= 15 is 0 Å². The van der Waals surface area contributed by atoms with E-state index in [9.17, 15) is 14.7 Å². The van der Waals surface area contributed by atoms with Gasteiger partial charge in [-0.25, -0.2) is 9.59 Å². The number of rotatable bonds is 3. The van der Waals surface area contributed by atoms with Crippen LogP contribution >= 0.6 is 0 Å². The number of carbonyl (C=O) groups is 2. The predicted molar refractivity (Wildman–Crippen MR) is 64.3 cm³/mol. The second-order valence-electron chi connectivity index (χ2n) is 4.61. The van der Waals surface area contributed by atoms with E-state index < -0.39 is 24.1 Å². The topological polar surface area (TPSA) is 94.2 Å². The number of hydrogen-bond donors (Lipinski definition) is 2. The number of carboxylic acids is 1. The van der Waals surface area contributed by atoms with E-state index in [1.165, 1.54) is 16.1 Å². The van der Waals surface area contributed by atoms with Crippen LogP contribution in [-0.2, 0) is 11.3 Å². The molecule has 0 radical (unpaired) electrons. The highest BCUT2D eigenvalue weighted by atomic mass is 16.4. The summed E-state index contributed by atoms with van der Waals surface area (Å²) in [6, 6.07) is 2.05.